The van der Waals surface area contributed by atoms with Crippen molar-refractivity contribution in [2.24, 2.45) is 0 Å². The van der Waals surface area contributed by atoms with Gasteiger partial charge in [-0.15, -0.1) is 0 Å². The number of H-pyrrole nitrogens is 1. The molecule has 21 heavy (non-hydrogen) atoms. The van der Waals surface area contributed by atoms with Gasteiger partial charge in [0.1, 0.15) is 11.6 Å². The predicted molar refractivity (Wildman–Crippen MR) is 77.2 cm³/mol. The SMILES string of the molecule is O=C1C[C@H](c2ncc[nH]2)c2cnn(-c3ccccc3)c2N1. The Kier molecular flexibility index (Phi) is 2.60. The topological polar surface area (TPSA) is 75.6 Å². The third kappa shape index (κ3) is 1.92. The Balaban J connectivity index is 1.84. The lowest BCUT2D eigenvalue weighted by Crippen LogP contribution is -2.25. The van der Waals surface area contributed by atoms with E-state index in [0.717, 1.165) is 22.9 Å². The summed E-state index contributed by atoms with van der Waals surface area (Å²) in [5.41, 5.74) is 1.90. The van der Waals surface area contributed by atoms with Crippen molar-refractivity contribution in [3.8, 4) is 5.69 Å². The van der Waals surface area contributed by atoms with Gasteiger partial charge in [-0.1, -0.05) is 18.2 Å². The smallest absolute Gasteiger partial charge is 0.226 e. The molecular weight excluding hydrogens is 266 g/mol. The minimum Gasteiger partial charge on any atom is -0.348 e. The molecule has 0 saturated carbocycles. The van der Waals surface area contributed by atoms with E-state index in [4.69, 9.17) is 0 Å². The van der Waals surface area contributed by atoms with E-state index in [9.17, 15) is 4.79 Å². The van der Waals surface area contributed by atoms with E-state index in [1.165, 1.54) is 0 Å². The van der Waals surface area contributed by atoms with Crippen LogP contribution in [0, 0.1) is 0 Å². The van der Waals surface area contributed by atoms with Crippen LogP contribution in [0.15, 0.2) is 48.9 Å². The molecule has 3 aromatic rings. The van der Waals surface area contributed by atoms with Crippen molar-refractivity contribution in [1.82, 2.24) is 19.7 Å². The maximum absolute atomic E-state index is 12.0. The Morgan fingerprint density at radius 3 is 2.86 bits per heavy atom. The molecule has 0 saturated heterocycles. The van der Waals surface area contributed by atoms with E-state index in [1.54, 1.807) is 23.3 Å². The van der Waals surface area contributed by atoms with Gasteiger partial charge in [0, 0.05) is 24.4 Å². The number of aromatic amines is 1. The molecule has 6 nitrogen and oxygen atoms in total. The molecule has 0 aliphatic carbocycles. The maximum Gasteiger partial charge on any atom is 0.226 e. The minimum atomic E-state index is -0.0822. The first kappa shape index (κ1) is 11.9. The summed E-state index contributed by atoms with van der Waals surface area (Å²) in [4.78, 5) is 19.4. The molecule has 6 heteroatoms. The summed E-state index contributed by atoms with van der Waals surface area (Å²) in [6.45, 7) is 0. The molecule has 2 aromatic heterocycles. The summed E-state index contributed by atoms with van der Waals surface area (Å²) in [5.74, 6) is 1.40. The highest BCUT2D eigenvalue weighted by Gasteiger charge is 2.31. The molecule has 2 N–H and O–H groups in total. The fourth-order valence-corrected chi connectivity index (χ4v) is 2.70. The first-order valence-electron chi connectivity index (χ1n) is 6.75. The lowest BCUT2D eigenvalue weighted by Gasteiger charge is -2.21. The number of anilines is 1. The van der Waals surface area contributed by atoms with Crippen molar-refractivity contribution in [1.29, 1.82) is 0 Å². The molecule has 3 heterocycles. The van der Waals surface area contributed by atoms with Crippen LogP contribution in [0.5, 0.6) is 0 Å². The van der Waals surface area contributed by atoms with Gasteiger partial charge in [0.25, 0.3) is 0 Å². The fourth-order valence-electron chi connectivity index (χ4n) is 2.70. The summed E-state index contributed by atoms with van der Waals surface area (Å²) in [5, 5.41) is 7.34. The normalized spacial score (nSPS) is 17.3. The van der Waals surface area contributed by atoms with Crippen molar-refractivity contribution in [3.63, 3.8) is 0 Å². The number of aromatic nitrogens is 4. The molecule has 1 aromatic carbocycles. The van der Waals surface area contributed by atoms with Crippen molar-refractivity contribution in [2.45, 2.75) is 12.3 Å². The summed E-state index contributed by atoms with van der Waals surface area (Å²) in [7, 11) is 0. The second kappa shape index (κ2) is 4.59. The standard InChI is InChI=1S/C15H13N5O/c21-13-8-11(14-16-6-7-17-14)12-9-18-20(15(12)19-13)10-4-2-1-3-5-10/h1-7,9,11H,8H2,(H,16,17)(H,19,21)/t11-/m0/s1. The van der Waals surface area contributed by atoms with Gasteiger partial charge < -0.3 is 10.3 Å². The number of imidazole rings is 1. The molecule has 0 spiro atoms. The van der Waals surface area contributed by atoms with Crippen molar-refractivity contribution >= 4 is 11.7 Å². The number of nitrogens with zero attached hydrogens (tertiary/aromatic N) is 3. The quantitative estimate of drug-likeness (QED) is 0.754. The van der Waals surface area contributed by atoms with Crippen LogP contribution in [0.3, 0.4) is 0 Å². The summed E-state index contributed by atoms with van der Waals surface area (Å²) in [6.07, 6.45) is 5.64. The van der Waals surface area contributed by atoms with E-state index in [1.807, 2.05) is 30.3 Å². The van der Waals surface area contributed by atoms with Crippen LogP contribution in [-0.4, -0.2) is 25.7 Å². The molecule has 0 bridgehead atoms. The Morgan fingerprint density at radius 1 is 1.24 bits per heavy atom. The zero-order chi connectivity index (χ0) is 14.2. The number of nitrogens with one attached hydrogen (secondary N) is 2. The minimum absolute atomic E-state index is 0.0263. The van der Waals surface area contributed by atoms with Crippen molar-refractivity contribution in [3.05, 3.63) is 60.3 Å². The van der Waals surface area contributed by atoms with Crippen LogP contribution in [0.25, 0.3) is 5.69 Å². The van der Waals surface area contributed by atoms with Crippen LogP contribution in [-0.2, 0) is 4.79 Å². The van der Waals surface area contributed by atoms with E-state index in [0.29, 0.717) is 6.42 Å². The number of para-hydroxylation sites is 1. The van der Waals surface area contributed by atoms with Crippen LogP contribution in [0.4, 0.5) is 5.82 Å². The van der Waals surface area contributed by atoms with E-state index in [-0.39, 0.29) is 11.8 Å². The van der Waals surface area contributed by atoms with Crippen LogP contribution < -0.4 is 5.32 Å². The number of carbonyl (C=O) groups is 1. The molecule has 1 amide bonds. The Hall–Kier alpha value is -2.89. The van der Waals surface area contributed by atoms with Gasteiger partial charge in [0.2, 0.25) is 5.91 Å². The third-order valence-corrected chi connectivity index (χ3v) is 3.67. The Morgan fingerprint density at radius 2 is 2.10 bits per heavy atom. The highest BCUT2D eigenvalue weighted by molar-refractivity contribution is 5.94. The molecular formula is C15H13N5O. The van der Waals surface area contributed by atoms with E-state index in [2.05, 4.69) is 20.4 Å². The largest absolute Gasteiger partial charge is 0.348 e. The number of hydrogen-bond donors (Lipinski definition) is 2. The van der Waals surface area contributed by atoms with Crippen molar-refractivity contribution in [2.75, 3.05) is 5.32 Å². The molecule has 4 rings (SSSR count). The summed E-state index contributed by atoms with van der Waals surface area (Å²) >= 11 is 0. The third-order valence-electron chi connectivity index (χ3n) is 3.67. The molecule has 104 valence electrons. The molecule has 1 aliphatic rings. The monoisotopic (exact) mass is 279 g/mol. The lowest BCUT2D eigenvalue weighted by molar-refractivity contribution is -0.116. The number of amides is 1. The van der Waals surface area contributed by atoms with Gasteiger partial charge in [-0.2, -0.15) is 5.10 Å². The number of carbonyl (C=O) groups excluding carboxylic acids is 1. The Labute approximate surface area is 120 Å². The molecule has 1 atom stereocenters. The summed E-state index contributed by atoms with van der Waals surface area (Å²) in [6, 6.07) is 9.74. The van der Waals surface area contributed by atoms with Gasteiger partial charge in [0.05, 0.1) is 17.8 Å². The molecule has 0 radical (unpaired) electrons. The number of hydrogen-bond acceptors (Lipinski definition) is 3. The van der Waals surface area contributed by atoms with Crippen molar-refractivity contribution < 1.29 is 4.79 Å². The predicted octanol–water partition coefficient (Wildman–Crippen LogP) is 2.07. The van der Waals surface area contributed by atoms with Crippen LogP contribution in [0.1, 0.15) is 23.7 Å². The first-order valence-corrected chi connectivity index (χ1v) is 6.75. The zero-order valence-corrected chi connectivity index (χ0v) is 11.2. The number of benzene rings is 1. The van der Waals surface area contributed by atoms with E-state index >= 15 is 0 Å². The molecule has 1 aliphatic heterocycles. The van der Waals surface area contributed by atoms with Crippen LogP contribution >= 0.6 is 0 Å². The average Bonchev–Trinajstić information content (AvgIpc) is 3.17. The second-order valence-electron chi connectivity index (χ2n) is 4.98. The molecule has 0 unspecified atom stereocenters. The zero-order valence-electron chi connectivity index (χ0n) is 11.2. The van der Waals surface area contributed by atoms with Gasteiger partial charge in [0.15, 0.2) is 0 Å². The first-order chi connectivity index (χ1) is 10.3. The highest BCUT2D eigenvalue weighted by Crippen LogP contribution is 2.36. The number of fused-ring (bicyclic) bond motifs is 1. The maximum atomic E-state index is 12.0. The molecule has 0 fully saturated rings. The van der Waals surface area contributed by atoms with Gasteiger partial charge in [-0.25, -0.2) is 9.67 Å². The second-order valence-corrected chi connectivity index (χ2v) is 4.98. The lowest BCUT2D eigenvalue weighted by atomic mass is 9.93. The number of rotatable bonds is 2. The average molecular weight is 279 g/mol. The Bertz CT molecular complexity index is 776. The van der Waals surface area contributed by atoms with E-state index < -0.39 is 0 Å². The highest BCUT2D eigenvalue weighted by atomic mass is 16.1. The van der Waals surface area contributed by atoms with Gasteiger partial charge in [-0.3, -0.25) is 4.79 Å². The summed E-state index contributed by atoms with van der Waals surface area (Å²) < 4.78 is 1.75. The van der Waals surface area contributed by atoms with Crippen LogP contribution in [0.2, 0.25) is 0 Å². The van der Waals surface area contributed by atoms with Gasteiger partial charge >= 0.3 is 0 Å². The fraction of sp³-hybridized carbons (Fsp3) is 0.133. The van der Waals surface area contributed by atoms with Gasteiger partial charge in [-0.05, 0) is 12.1 Å².